The number of aliphatic hydroxyl groups is 1. The van der Waals surface area contributed by atoms with Crippen molar-refractivity contribution in [1.29, 1.82) is 0 Å². The lowest BCUT2D eigenvalue weighted by atomic mass is 9.92. The molecule has 20 heavy (non-hydrogen) atoms. The monoisotopic (exact) mass is 277 g/mol. The fraction of sp³-hybridized carbons (Fsp3) is 0.562. The molecular weight excluding hydrogens is 254 g/mol. The molecule has 0 radical (unpaired) electrons. The molecule has 0 bridgehead atoms. The van der Waals surface area contributed by atoms with Crippen LogP contribution in [0.4, 0.5) is 0 Å². The summed E-state index contributed by atoms with van der Waals surface area (Å²) in [7, 11) is 1.63. The molecule has 1 unspecified atom stereocenters. The van der Waals surface area contributed by atoms with Gasteiger partial charge in [-0.15, -0.1) is 0 Å². The molecule has 4 nitrogen and oxygen atoms in total. The first-order valence-corrected chi connectivity index (χ1v) is 7.19. The quantitative estimate of drug-likeness (QED) is 0.914. The summed E-state index contributed by atoms with van der Waals surface area (Å²) in [6.07, 6.45) is 1.92. The van der Waals surface area contributed by atoms with E-state index in [-0.39, 0.29) is 12.0 Å². The van der Waals surface area contributed by atoms with Crippen molar-refractivity contribution in [2.24, 2.45) is 5.92 Å². The van der Waals surface area contributed by atoms with Gasteiger partial charge in [0.15, 0.2) is 0 Å². The fourth-order valence-electron chi connectivity index (χ4n) is 2.70. The maximum absolute atomic E-state index is 12.3. The van der Waals surface area contributed by atoms with Crippen LogP contribution in [0.2, 0.25) is 0 Å². The third-order valence-corrected chi connectivity index (χ3v) is 4.06. The molecule has 1 heterocycles. The third kappa shape index (κ3) is 3.73. The minimum atomic E-state index is -0.273. The van der Waals surface area contributed by atoms with Gasteiger partial charge in [0.2, 0.25) is 5.91 Å². The lowest BCUT2D eigenvalue weighted by Crippen LogP contribution is -2.41. The number of ether oxygens (including phenoxy) is 1. The molecule has 0 spiro atoms. The molecule has 1 fully saturated rings. The maximum atomic E-state index is 12.3. The van der Waals surface area contributed by atoms with Crippen LogP contribution < -0.4 is 4.74 Å². The van der Waals surface area contributed by atoms with Gasteiger partial charge < -0.3 is 14.7 Å². The third-order valence-electron chi connectivity index (χ3n) is 4.06. The van der Waals surface area contributed by atoms with Crippen molar-refractivity contribution in [2.75, 3.05) is 20.2 Å². The van der Waals surface area contributed by atoms with E-state index >= 15 is 0 Å². The van der Waals surface area contributed by atoms with Crippen LogP contribution in [0.3, 0.4) is 0 Å². The van der Waals surface area contributed by atoms with Crippen molar-refractivity contribution in [1.82, 2.24) is 4.90 Å². The van der Waals surface area contributed by atoms with Gasteiger partial charge in [0.1, 0.15) is 5.75 Å². The molecule has 0 aliphatic carbocycles. The largest absolute Gasteiger partial charge is 0.497 e. The number of nitrogens with zero attached hydrogens (tertiary/aromatic N) is 1. The molecule has 1 aliphatic rings. The average Bonchev–Trinajstić information content (AvgIpc) is 2.47. The number of rotatable bonds is 4. The average molecular weight is 277 g/mol. The summed E-state index contributed by atoms with van der Waals surface area (Å²) >= 11 is 0. The van der Waals surface area contributed by atoms with Crippen LogP contribution in [0.25, 0.3) is 0 Å². The number of methoxy groups -OCH3 is 1. The minimum absolute atomic E-state index is 0.155. The number of carbonyl (C=O) groups excluding carboxylic acids is 1. The van der Waals surface area contributed by atoms with E-state index in [1.807, 2.05) is 36.1 Å². The number of aliphatic hydroxyl groups excluding tert-OH is 1. The van der Waals surface area contributed by atoms with E-state index in [9.17, 15) is 9.90 Å². The van der Waals surface area contributed by atoms with Gasteiger partial charge in [-0.1, -0.05) is 12.1 Å². The Labute approximate surface area is 120 Å². The summed E-state index contributed by atoms with van der Waals surface area (Å²) < 4.78 is 5.17. The molecule has 0 aromatic heterocycles. The Morgan fingerprint density at radius 3 is 2.75 bits per heavy atom. The Kier molecular flexibility index (Phi) is 5.01. The lowest BCUT2D eigenvalue weighted by molar-refractivity contribution is -0.132. The molecular formula is C16H23NO3. The van der Waals surface area contributed by atoms with Crippen LogP contribution in [-0.2, 0) is 11.2 Å². The van der Waals surface area contributed by atoms with E-state index in [0.717, 1.165) is 37.2 Å². The first-order chi connectivity index (χ1) is 9.60. The topological polar surface area (TPSA) is 49.8 Å². The Bertz CT molecular complexity index is 451. The highest BCUT2D eigenvalue weighted by Crippen LogP contribution is 2.21. The SMILES string of the molecule is COc1cccc(CC(=O)N2CCC(C(C)O)CC2)c1. The molecule has 4 heteroatoms. The molecule has 1 N–H and O–H groups in total. The zero-order chi connectivity index (χ0) is 14.5. The van der Waals surface area contributed by atoms with Gasteiger partial charge >= 0.3 is 0 Å². The smallest absolute Gasteiger partial charge is 0.226 e. The Morgan fingerprint density at radius 2 is 2.15 bits per heavy atom. The van der Waals surface area contributed by atoms with Crippen molar-refractivity contribution in [3.05, 3.63) is 29.8 Å². The van der Waals surface area contributed by atoms with Crippen LogP contribution in [0.1, 0.15) is 25.3 Å². The van der Waals surface area contributed by atoms with E-state index in [4.69, 9.17) is 4.74 Å². The molecule has 1 aromatic rings. The summed E-state index contributed by atoms with van der Waals surface area (Å²) in [4.78, 5) is 14.2. The molecule has 0 saturated carbocycles. The summed E-state index contributed by atoms with van der Waals surface area (Å²) in [5.74, 6) is 1.27. The Hall–Kier alpha value is -1.55. The second kappa shape index (κ2) is 6.75. The van der Waals surface area contributed by atoms with Crippen LogP contribution in [-0.4, -0.2) is 42.2 Å². The first-order valence-electron chi connectivity index (χ1n) is 7.19. The van der Waals surface area contributed by atoms with E-state index < -0.39 is 0 Å². The molecule has 2 rings (SSSR count). The molecule has 1 amide bonds. The summed E-state index contributed by atoms with van der Waals surface area (Å²) in [5, 5.41) is 9.58. The maximum Gasteiger partial charge on any atom is 0.226 e. The highest BCUT2D eigenvalue weighted by molar-refractivity contribution is 5.79. The number of likely N-dealkylation sites (tertiary alicyclic amines) is 1. The van der Waals surface area contributed by atoms with Crippen LogP contribution in [0.15, 0.2) is 24.3 Å². The summed E-state index contributed by atoms with van der Waals surface area (Å²) in [5.41, 5.74) is 0.979. The van der Waals surface area contributed by atoms with Crippen molar-refractivity contribution >= 4 is 5.91 Å². The summed E-state index contributed by atoms with van der Waals surface area (Å²) in [6.45, 7) is 3.33. The van der Waals surface area contributed by atoms with Crippen LogP contribution in [0.5, 0.6) is 5.75 Å². The zero-order valence-corrected chi connectivity index (χ0v) is 12.2. The highest BCUT2D eigenvalue weighted by Gasteiger charge is 2.25. The van der Waals surface area contributed by atoms with Crippen molar-refractivity contribution in [3.8, 4) is 5.75 Å². The standard InChI is InChI=1S/C16H23NO3/c1-12(18)14-6-8-17(9-7-14)16(19)11-13-4-3-5-15(10-13)20-2/h3-5,10,12,14,18H,6-9,11H2,1-2H3. The van der Waals surface area contributed by atoms with Crippen molar-refractivity contribution in [2.45, 2.75) is 32.3 Å². The van der Waals surface area contributed by atoms with Crippen molar-refractivity contribution < 1.29 is 14.6 Å². The summed E-state index contributed by atoms with van der Waals surface area (Å²) in [6, 6.07) is 7.63. The molecule has 1 aliphatic heterocycles. The molecule has 1 aromatic carbocycles. The number of amides is 1. The minimum Gasteiger partial charge on any atom is -0.497 e. The van der Waals surface area contributed by atoms with Gasteiger partial charge in [0, 0.05) is 13.1 Å². The van der Waals surface area contributed by atoms with Crippen LogP contribution >= 0.6 is 0 Å². The van der Waals surface area contributed by atoms with Gasteiger partial charge in [0.25, 0.3) is 0 Å². The second-order valence-corrected chi connectivity index (χ2v) is 5.49. The lowest BCUT2D eigenvalue weighted by Gasteiger charge is -2.33. The van der Waals surface area contributed by atoms with Gasteiger partial charge in [-0.25, -0.2) is 0 Å². The highest BCUT2D eigenvalue weighted by atomic mass is 16.5. The fourth-order valence-corrected chi connectivity index (χ4v) is 2.70. The van der Waals surface area contributed by atoms with Gasteiger partial charge in [-0.3, -0.25) is 4.79 Å². The van der Waals surface area contributed by atoms with E-state index in [1.54, 1.807) is 7.11 Å². The number of piperidine rings is 1. The van der Waals surface area contributed by atoms with E-state index in [0.29, 0.717) is 12.3 Å². The molecule has 1 saturated heterocycles. The zero-order valence-electron chi connectivity index (χ0n) is 12.2. The van der Waals surface area contributed by atoms with Gasteiger partial charge in [0.05, 0.1) is 19.6 Å². The Balaban J connectivity index is 1.89. The Morgan fingerprint density at radius 1 is 1.45 bits per heavy atom. The predicted octanol–water partition coefficient (Wildman–Crippen LogP) is 1.86. The van der Waals surface area contributed by atoms with Gasteiger partial charge in [-0.2, -0.15) is 0 Å². The first kappa shape index (κ1) is 14.9. The molecule has 110 valence electrons. The van der Waals surface area contributed by atoms with Crippen LogP contribution in [0, 0.1) is 5.92 Å². The van der Waals surface area contributed by atoms with E-state index in [2.05, 4.69) is 0 Å². The molecule has 1 atom stereocenters. The second-order valence-electron chi connectivity index (χ2n) is 5.49. The number of carbonyl (C=O) groups is 1. The van der Waals surface area contributed by atoms with Crippen molar-refractivity contribution in [3.63, 3.8) is 0 Å². The predicted molar refractivity (Wildman–Crippen MR) is 77.7 cm³/mol. The normalized spacial score (nSPS) is 17.9. The number of benzene rings is 1. The number of hydrogen-bond acceptors (Lipinski definition) is 3. The van der Waals surface area contributed by atoms with E-state index in [1.165, 1.54) is 0 Å². The number of hydrogen-bond donors (Lipinski definition) is 1. The van der Waals surface area contributed by atoms with Gasteiger partial charge in [-0.05, 0) is 43.4 Å².